The van der Waals surface area contributed by atoms with E-state index in [1.807, 2.05) is 50.2 Å². The minimum Gasteiger partial charge on any atom is -0.318 e. The number of carbonyl (C=O) groups excluding carboxylic acids is 1. The Labute approximate surface area is 169 Å². The monoisotopic (exact) mass is 441 g/mol. The molecule has 1 aromatic carbocycles. The molecule has 0 aliphatic heterocycles. The molecule has 0 atom stereocenters. The van der Waals surface area contributed by atoms with Crippen LogP contribution in [0.25, 0.3) is 11.8 Å². The van der Waals surface area contributed by atoms with Crippen LogP contribution in [0.1, 0.15) is 22.0 Å². The Bertz CT molecular complexity index is 1070. The Morgan fingerprint density at radius 2 is 1.96 bits per heavy atom. The van der Waals surface area contributed by atoms with Crippen molar-refractivity contribution in [1.29, 1.82) is 5.26 Å². The van der Waals surface area contributed by atoms with Crippen LogP contribution in [0.2, 0.25) is 0 Å². The molecule has 0 unspecified atom stereocenters. The fraction of sp³-hybridized carbons (Fsp3) is 0.158. The van der Waals surface area contributed by atoms with E-state index in [0.717, 1.165) is 32.1 Å². The number of nitrogens with one attached hydrogen (secondary N) is 1. The molecule has 0 bridgehead atoms. The van der Waals surface area contributed by atoms with Gasteiger partial charge in [-0.25, -0.2) is 0 Å². The fourth-order valence-corrected chi connectivity index (χ4v) is 3.59. The lowest BCUT2D eigenvalue weighted by molar-refractivity contribution is -0.112. The average Bonchev–Trinajstić information content (AvgIpc) is 3.16. The van der Waals surface area contributed by atoms with Crippen molar-refractivity contribution in [3.63, 3.8) is 0 Å². The predicted octanol–water partition coefficient (Wildman–Crippen LogP) is 4.56. The van der Waals surface area contributed by atoms with Gasteiger partial charge in [0.1, 0.15) is 16.6 Å². The number of benzene rings is 1. The van der Waals surface area contributed by atoms with E-state index in [2.05, 4.69) is 36.0 Å². The maximum absolute atomic E-state index is 12.4. The number of carbonyl (C=O) groups is 1. The van der Waals surface area contributed by atoms with Crippen molar-refractivity contribution in [3.05, 3.63) is 62.3 Å². The molecule has 1 amide bonds. The minimum atomic E-state index is -0.498. The molecule has 2 aromatic heterocycles. The maximum Gasteiger partial charge on any atom is 0.268 e. The summed E-state index contributed by atoms with van der Waals surface area (Å²) in [5.74, 6) is -0.498. The van der Waals surface area contributed by atoms with Crippen LogP contribution in [0.5, 0.6) is 0 Å². The van der Waals surface area contributed by atoms with E-state index in [4.69, 9.17) is 0 Å². The Morgan fingerprint density at radius 3 is 2.56 bits per heavy atom. The summed E-state index contributed by atoms with van der Waals surface area (Å²) in [6, 6.07) is 11.9. The summed E-state index contributed by atoms with van der Waals surface area (Å²) >= 11 is 4.70. The van der Waals surface area contributed by atoms with Crippen LogP contribution >= 0.6 is 27.3 Å². The molecular weight excluding hydrogens is 426 g/mol. The van der Waals surface area contributed by atoms with E-state index in [0.29, 0.717) is 5.13 Å². The highest BCUT2D eigenvalue weighted by atomic mass is 79.9. The lowest BCUT2D eigenvalue weighted by Crippen LogP contribution is -2.13. The summed E-state index contributed by atoms with van der Waals surface area (Å²) in [7, 11) is 0. The van der Waals surface area contributed by atoms with Gasteiger partial charge in [-0.05, 0) is 62.7 Å². The fourth-order valence-electron chi connectivity index (χ4n) is 2.74. The molecule has 8 heteroatoms. The second kappa shape index (κ2) is 7.86. The third-order valence-corrected chi connectivity index (χ3v) is 5.25. The number of amides is 1. The highest BCUT2D eigenvalue weighted by molar-refractivity contribution is 9.10. The minimum absolute atomic E-state index is 0.0129. The second-order valence-corrected chi connectivity index (χ2v) is 7.99. The van der Waals surface area contributed by atoms with E-state index < -0.39 is 5.91 Å². The lowest BCUT2D eigenvalue weighted by atomic mass is 10.1. The molecule has 0 aliphatic rings. The Balaban J connectivity index is 1.93. The number of nitriles is 1. The van der Waals surface area contributed by atoms with Gasteiger partial charge in [-0.2, -0.15) is 5.26 Å². The van der Waals surface area contributed by atoms with Gasteiger partial charge < -0.3 is 4.57 Å². The van der Waals surface area contributed by atoms with Crippen molar-refractivity contribution in [1.82, 2.24) is 14.8 Å². The number of aryl methyl sites for hydroxylation is 2. The number of hydrogen-bond donors (Lipinski definition) is 1. The lowest BCUT2D eigenvalue weighted by Gasteiger charge is -2.09. The summed E-state index contributed by atoms with van der Waals surface area (Å²) in [5.41, 5.74) is 3.80. The van der Waals surface area contributed by atoms with Gasteiger partial charge in [0.05, 0.1) is 0 Å². The molecule has 0 fully saturated rings. The van der Waals surface area contributed by atoms with Crippen molar-refractivity contribution in [2.45, 2.75) is 20.8 Å². The molecular formula is C19H16BrN5OS. The van der Waals surface area contributed by atoms with Gasteiger partial charge in [0.15, 0.2) is 0 Å². The van der Waals surface area contributed by atoms with Gasteiger partial charge >= 0.3 is 0 Å². The maximum atomic E-state index is 12.4. The first-order valence-electron chi connectivity index (χ1n) is 8.07. The van der Waals surface area contributed by atoms with Crippen LogP contribution in [0.15, 0.2) is 40.4 Å². The molecule has 0 aliphatic carbocycles. The molecule has 27 heavy (non-hydrogen) atoms. The molecule has 136 valence electrons. The molecule has 2 heterocycles. The highest BCUT2D eigenvalue weighted by Gasteiger charge is 2.15. The summed E-state index contributed by atoms with van der Waals surface area (Å²) in [4.78, 5) is 12.4. The number of aromatic nitrogens is 3. The zero-order valence-corrected chi connectivity index (χ0v) is 17.3. The number of hydrogen-bond acceptors (Lipinski definition) is 5. The van der Waals surface area contributed by atoms with Gasteiger partial charge in [-0.1, -0.05) is 27.3 Å². The van der Waals surface area contributed by atoms with Crippen LogP contribution < -0.4 is 5.32 Å². The van der Waals surface area contributed by atoms with Crippen molar-refractivity contribution in [2.24, 2.45) is 0 Å². The van der Waals surface area contributed by atoms with Crippen LogP contribution in [-0.2, 0) is 4.79 Å². The van der Waals surface area contributed by atoms with E-state index in [9.17, 15) is 10.1 Å². The van der Waals surface area contributed by atoms with Crippen LogP contribution in [0, 0.1) is 32.1 Å². The van der Waals surface area contributed by atoms with E-state index in [1.54, 1.807) is 13.0 Å². The van der Waals surface area contributed by atoms with Crippen LogP contribution in [0.4, 0.5) is 5.13 Å². The van der Waals surface area contributed by atoms with Gasteiger partial charge in [-0.3, -0.25) is 10.1 Å². The summed E-state index contributed by atoms with van der Waals surface area (Å²) in [6.07, 6.45) is 1.60. The van der Waals surface area contributed by atoms with Gasteiger partial charge in [0.2, 0.25) is 5.13 Å². The number of halogens is 1. The standard InChI is InChI=1S/C19H16BrN5OS/c1-11-8-14(12(2)25(11)17-6-4-16(20)5-7-17)9-15(10-21)18(26)22-19-24-23-13(3)27-19/h4-9H,1-3H3,(H,22,24,26)/b15-9-. The smallest absolute Gasteiger partial charge is 0.268 e. The molecule has 1 N–H and O–H groups in total. The van der Waals surface area contributed by atoms with Crippen LogP contribution in [-0.4, -0.2) is 20.7 Å². The third-order valence-electron chi connectivity index (χ3n) is 3.97. The number of nitrogens with zero attached hydrogens (tertiary/aromatic N) is 4. The molecule has 6 nitrogen and oxygen atoms in total. The normalized spacial score (nSPS) is 11.3. The number of anilines is 1. The van der Waals surface area contributed by atoms with Crippen LogP contribution in [0.3, 0.4) is 0 Å². The zero-order valence-electron chi connectivity index (χ0n) is 14.9. The molecule has 0 saturated carbocycles. The Hall–Kier alpha value is -2.76. The number of rotatable bonds is 4. The van der Waals surface area contributed by atoms with Crippen molar-refractivity contribution >= 4 is 44.4 Å². The average molecular weight is 442 g/mol. The predicted molar refractivity (Wildman–Crippen MR) is 110 cm³/mol. The van der Waals surface area contributed by atoms with E-state index >= 15 is 0 Å². The summed E-state index contributed by atoms with van der Waals surface area (Å²) < 4.78 is 3.09. The Kier molecular flexibility index (Phi) is 5.54. The third kappa shape index (κ3) is 4.15. The zero-order chi connectivity index (χ0) is 19.6. The molecule has 0 radical (unpaired) electrons. The topological polar surface area (TPSA) is 83.6 Å². The van der Waals surface area contributed by atoms with Gasteiger partial charge in [0.25, 0.3) is 5.91 Å². The molecule has 3 rings (SSSR count). The molecule has 3 aromatic rings. The van der Waals surface area contributed by atoms with Crippen molar-refractivity contribution in [3.8, 4) is 11.8 Å². The quantitative estimate of drug-likeness (QED) is 0.474. The first kappa shape index (κ1) is 19.0. The van der Waals surface area contributed by atoms with Gasteiger partial charge in [0, 0.05) is 21.5 Å². The SMILES string of the molecule is Cc1nnc(NC(=O)/C(C#N)=C\c2cc(C)n(-c3ccc(Br)cc3)c2C)s1. The summed E-state index contributed by atoms with van der Waals surface area (Å²) in [5, 5.41) is 20.9. The van der Waals surface area contributed by atoms with E-state index in [-0.39, 0.29) is 5.57 Å². The van der Waals surface area contributed by atoms with Crippen molar-refractivity contribution in [2.75, 3.05) is 5.32 Å². The highest BCUT2D eigenvalue weighted by Crippen LogP contribution is 2.24. The van der Waals surface area contributed by atoms with Crippen molar-refractivity contribution < 1.29 is 4.79 Å². The molecule has 0 saturated heterocycles. The first-order valence-corrected chi connectivity index (χ1v) is 9.68. The largest absolute Gasteiger partial charge is 0.318 e. The first-order chi connectivity index (χ1) is 12.9. The van der Waals surface area contributed by atoms with E-state index in [1.165, 1.54) is 11.3 Å². The second-order valence-electron chi connectivity index (χ2n) is 5.89. The molecule has 0 spiro atoms. The Morgan fingerprint density at radius 1 is 1.26 bits per heavy atom. The summed E-state index contributed by atoms with van der Waals surface area (Å²) in [6.45, 7) is 5.75. The van der Waals surface area contributed by atoms with Gasteiger partial charge in [-0.15, -0.1) is 10.2 Å².